The number of nitrogens with zero attached hydrogens (tertiary/aromatic N) is 1. The normalized spacial score (nSPS) is 21.3. The maximum Gasteiger partial charge on any atom is 0.242 e. The van der Waals surface area contributed by atoms with Crippen LogP contribution in [0.2, 0.25) is 0 Å². The smallest absolute Gasteiger partial charge is 0.242 e. The third kappa shape index (κ3) is 1.96. The first-order valence-corrected chi connectivity index (χ1v) is 7.05. The highest BCUT2D eigenvalue weighted by Gasteiger charge is 2.42. The Balaban J connectivity index is 1.98. The Morgan fingerprint density at radius 3 is 2.47 bits per heavy atom. The standard InChI is InChI=1S/C14H13NO3S/c1-18-11-8-6-10(7-9-11)14-15(16)12-4-2-3-5-13(12)19(14)17/h2-9,14,16H,1H3. The molecule has 1 aliphatic rings. The van der Waals surface area contributed by atoms with Crippen molar-refractivity contribution in [2.24, 2.45) is 0 Å². The van der Waals surface area contributed by atoms with E-state index in [1.165, 1.54) is 0 Å². The highest BCUT2D eigenvalue weighted by molar-refractivity contribution is 7.92. The molecule has 0 bridgehead atoms. The average Bonchev–Trinajstić information content (AvgIpc) is 2.72. The molecule has 0 fully saturated rings. The maximum atomic E-state index is 12.4. The zero-order valence-corrected chi connectivity index (χ0v) is 11.1. The van der Waals surface area contributed by atoms with Crippen molar-refractivity contribution in [3.63, 3.8) is 0 Å². The number of hydrogen-bond donors (Lipinski definition) is 1. The lowest BCUT2D eigenvalue weighted by molar-refractivity contribution is 0.246. The molecule has 2 aromatic rings. The zero-order chi connectivity index (χ0) is 13.4. The highest BCUT2D eigenvalue weighted by Crippen LogP contribution is 2.44. The minimum Gasteiger partial charge on any atom is -0.609 e. The lowest BCUT2D eigenvalue weighted by atomic mass is 10.2. The fourth-order valence-corrected chi connectivity index (χ4v) is 3.71. The van der Waals surface area contributed by atoms with Crippen LogP contribution < -0.4 is 9.80 Å². The summed E-state index contributed by atoms with van der Waals surface area (Å²) in [5, 5.41) is 10.7. The van der Waals surface area contributed by atoms with Crippen molar-refractivity contribution >= 4 is 16.9 Å². The summed E-state index contributed by atoms with van der Waals surface area (Å²) in [5.41, 5.74) is 1.39. The largest absolute Gasteiger partial charge is 0.609 e. The molecule has 0 radical (unpaired) electrons. The molecule has 98 valence electrons. The topological polar surface area (TPSA) is 55.8 Å². The zero-order valence-electron chi connectivity index (χ0n) is 10.3. The third-order valence-corrected chi connectivity index (χ3v) is 4.81. The molecule has 0 saturated heterocycles. The second kappa shape index (κ2) is 4.77. The molecule has 0 spiro atoms. The van der Waals surface area contributed by atoms with E-state index in [4.69, 9.17) is 4.74 Å². The number of hydrogen-bond acceptors (Lipinski definition) is 4. The Morgan fingerprint density at radius 1 is 1.16 bits per heavy atom. The van der Waals surface area contributed by atoms with Gasteiger partial charge in [0.2, 0.25) is 5.37 Å². The van der Waals surface area contributed by atoms with Crippen molar-refractivity contribution in [3.8, 4) is 5.75 Å². The van der Waals surface area contributed by atoms with Crippen LogP contribution in [0.15, 0.2) is 53.4 Å². The lowest BCUT2D eigenvalue weighted by Gasteiger charge is -2.19. The van der Waals surface area contributed by atoms with E-state index in [1.54, 1.807) is 31.4 Å². The molecule has 1 heterocycles. The van der Waals surface area contributed by atoms with Gasteiger partial charge in [-0.25, -0.2) is 0 Å². The Morgan fingerprint density at radius 2 is 1.84 bits per heavy atom. The Bertz CT molecular complexity index is 558. The van der Waals surface area contributed by atoms with Crippen LogP contribution in [0.25, 0.3) is 0 Å². The van der Waals surface area contributed by atoms with E-state index in [2.05, 4.69) is 0 Å². The summed E-state index contributed by atoms with van der Waals surface area (Å²) in [7, 11) is 1.59. The molecular formula is C14H13NO3S. The van der Waals surface area contributed by atoms with Gasteiger partial charge in [-0.3, -0.25) is 5.21 Å². The van der Waals surface area contributed by atoms with Gasteiger partial charge in [0.25, 0.3) is 0 Å². The molecule has 2 aromatic carbocycles. The van der Waals surface area contributed by atoms with Crippen molar-refractivity contribution in [1.82, 2.24) is 0 Å². The summed E-state index contributed by atoms with van der Waals surface area (Å²) in [5.74, 6) is 0.731. The summed E-state index contributed by atoms with van der Waals surface area (Å²) in [4.78, 5) is 0.658. The summed E-state index contributed by atoms with van der Waals surface area (Å²) in [6, 6.07) is 14.4. The van der Waals surface area contributed by atoms with E-state index in [-0.39, 0.29) is 0 Å². The van der Waals surface area contributed by atoms with Gasteiger partial charge in [-0.15, -0.1) is 0 Å². The molecule has 0 aromatic heterocycles. The van der Waals surface area contributed by atoms with E-state index in [0.717, 1.165) is 16.4 Å². The van der Waals surface area contributed by atoms with Gasteiger partial charge in [0.15, 0.2) is 4.90 Å². The van der Waals surface area contributed by atoms with Gasteiger partial charge in [-0.2, -0.15) is 5.06 Å². The molecule has 2 atom stereocenters. The quantitative estimate of drug-likeness (QED) is 0.856. The van der Waals surface area contributed by atoms with E-state index in [1.807, 2.05) is 24.3 Å². The molecule has 0 aliphatic carbocycles. The second-order valence-corrected chi connectivity index (χ2v) is 5.72. The van der Waals surface area contributed by atoms with Crippen LogP contribution in [0.1, 0.15) is 10.9 Å². The summed E-state index contributed by atoms with van der Waals surface area (Å²) < 4.78 is 17.5. The molecule has 0 saturated carbocycles. The Hall–Kier alpha value is -1.69. The number of para-hydroxylation sites is 1. The number of hydroxylamine groups is 1. The third-order valence-electron chi connectivity index (χ3n) is 3.15. The number of ether oxygens (including phenoxy) is 1. The van der Waals surface area contributed by atoms with Crippen molar-refractivity contribution in [2.45, 2.75) is 10.3 Å². The first-order chi connectivity index (χ1) is 9.22. The molecule has 0 amide bonds. The van der Waals surface area contributed by atoms with Gasteiger partial charge in [0.1, 0.15) is 11.4 Å². The fraction of sp³-hybridized carbons (Fsp3) is 0.143. The van der Waals surface area contributed by atoms with Crippen LogP contribution in [0.4, 0.5) is 5.69 Å². The maximum absolute atomic E-state index is 12.4. The molecule has 2 unspecified atom stereocenters. The number of fused-ring (bicyclic) bond motifs is 1. The number of anilines is 1. The molecule has 5 heteroatoms. The van der Waals surface area contributed by atoms with Crippen LogP contribution in [0.3, 0.4) is 0 Å². The highest BCUT2D eigenvalue weighted by atomic mass is 32.2. The van der Waals surface area contributed by atoms with Crippen LogP contribution >= 0.6 is 0 Å². The van der Waals surface area contributed by atoms with Gasteiger partial charge in [0, 0.05) is 16.7 Å². The van der Waals surface area contributed by atoms with Crippen LogP contribution in [0.5, 0.6) is 5.75 Å². The van der Waals surface area contributed by atoms with Crippen molar-refractivity contribution in [3.05, 3.63) is 54.1 Å². The number of benzene rings is 2. The van der Waals surface area contributed by atoms with Gasteiger partial charge < -0.3 is 9.29 Å². The number of rotatable bonds is 2. The molecular weight excluding hydrogens is 262 g/mol. The van der Waals surface area contributed by atoms with Crippen molar-refractivity contribution in [2.75, 3.05) is 12.2 Å². The van der Waals surface area contributed by atoms with Gasteiger partial charge >= 0.3 is 0 Å². The number of methoxy groups -OCH3 is 1. The molecule has 3 rings (SSSR count). The van der Waals surface area contributed by atoms with Gasteiger partial charge in [-0.1, -0.05) is 12.1 Å². The Labute approximate surface area is 114 Å². The summed E-state index contributed by atoms with van der Waals surface area (Å²) in [6.07, 6.45) is 0. The SMILES string of the molecule is COc1ccc(C2N(O)c3ccccc3[S+]2[O-])cc1. The van der Waals surface area contributed by atoms with E-state index >= 15 is 0 Å². The monoisotopic (exact) mass is 275 g/mol. The first kappa shape index (κ1) is 12.3. The molecule has 1 aliphatic heterocycles. The average molecular weight is 275 g/mol. The van der Waals surface area contributed by atoms with Gasteiger partial charge in [0.05, 0.1) is 7.11 Å². The van der Waals surface area contributed by atoms with Gasteiger partial charge in [-0.05, 0) is 36.4 Å². The minimum absolute atomic E-state index is 0.566. The van der Waals surface area contributed by atoms with Crippen molar-refractivity contribution < 1.29 is 14.5 Å². The van der Waals surface area contributed by atoms with E-state index < -0.39 is 16.5 Å². The molecule has 19 heavy (non-hydrogen) atoms. The molecule has 4 nitrogen and oxygen atoms in total. The van der Waals surface area contributed by atoms with E-state index in [0.29, 0.717) is 10.6 Å². The predicted molar refractivity (Wildman–Crippen MR) is 72.9 cm³/mol. The second-order valence-electron chi connectivity index (χ2n) is 4.24. The fourth-order valence-electron chi connectivity index (χ4n) is 2.19. The molecule has 1 N–H and O–H groups in total. The lowest BCUT2D eigenvalue weighted by Crippen LogP contribution is -2.24. The van der Waals surface area contributed by atoms with E-state index in [9.17, 15) is 9.76 Å². The van der Waals surface area contributed by atoms with Crippen LogP contribution in [-0.4, -0.2) is 16.9 Å². The van der Waals surface area contributed by atoms with Crippen LogP contribution in [0, 0.1) is 0 Å². The first-order valence-electron chi connectivity index (χ1n) is 5.84. The Kier molecular flexibility index (Phi) is 3.10. The van der Waals surface area contributed by atoms with Crippen LogP contribution in [-0.2, 0) is 11.2 Å². The summed E-state index contributed by atoms with van der Waals surface area (Å²) >= 11 is -1.29. The predicted octanol–water partition coefficient (Wildman–Crippen LogP) is 2.71. The van der Waals surface area contributed by atoms with Crippen molar-refractivity contribution in [1.29, 1.82) is 0 Å². The summed E-state index contributed by atoms with van der Waals surface area (Å²) in [6.45, 7) is 0. The minimum atomic E-state index is -1.29.